The molecular formula is C14H18BrClN4O. The van der Waals surface area contributed by atoms with Crippen LogP contribution in [0.15, 0.2) is 28.7 Å². The Hall–Kier alpha value is -1.37. The fourth-order valence-corrected chi connectivity index (χ4v) is 2.16. The number of amides is 1. The van der Waals surface area contributed by atoms with Crippen molar-refractivity contribution in [1.29, 1.82) is 0 Å². The molecule has 0 radical (unpaired) electrons. The molecule has 2 rings (SSSR count). The predicted molar refractivity (Wildman–Crippen MR) is 89.4 cm³/mol. The van der Waals surface area contributed by atoms with Gasteiger partial charge in [0.15, 0.2) is 0 Å². The molecule has 0 aliphatic carbocycles. The Bertz CT molecular complexity index is 625. The zero-order chi connectivity index (χ0) is 14.7. The number of carbonyl (C=O) groups is 1. The number of rotatable bonds is 4. The average molecular weight is 374 g/mol. The van der Waals surface area contributed by atoms with Crippen LogP contribution >= 0.6 is 28.3 Å². The first-order chi connectivity index (χ1) is 9.54. The van der Waals surface area contributed by atoms with E-state index in [9.17, 15) is 4.79 Å². The maximum absolute atomic E-state index is 11.8. The lowest BCUT2D eigenvalue weighted by Crippen LogP contribution is -2.28. The highest BCUT2D eigenvalue weighted by Gasteiger charge is 2.11. The lowest BCUT2D eigenvalue weighted by atomic mass is 10.2. The summed E-state index contributed by atoms with van der Waals surface area (Å²) in [6.45, 7) is 4.85. The zero-order valence-corrected chi connectivity index (χ0v) is 14.3. The van der Waals surface area contributed by atoms with Crippen molar-refractivity contribution in [2.75, 3.05) is 13.1 Å². The molecule has 0 saturated heterocycles. The van der Waals surface area contributed by atoms with Gasteiger partial charge in [0.2, 0.25) is 0 Å². The highest BCUT2D eigenvalue weighted by Crippen LogP contribution is 2.23. The minimum Gasteiger partial charge on any atom is -0.351 e. The summed E-state index contributed by atoms with van der Waals surface area (Å²) in [7, 11) is 0. The van der Waals surface area contributed by atoms with Crippen LogP contribution in [0.5, 0.6) is 0 Å². The third-order valence-electron chi connectivity index (χ3n) is 3.01. The summed E-state index contributed by atoms with van der Waals surface area (Å²) in [6.07, 6.45) is 0. The molecule has 1 heterocycles. The average Bonchev–Trinajstić information content (AvgIpc) is 2.72. The Morgan fingerprint density at radius 3 is 2.43 bits per heavy atom. The topological polar surface area (TPSA) is 72.9 Å². The second kappa shape index (κ2) is 7.59. The highest BCUT2D eigenvalue weighted by atomic mass is 79.9. The number of benzene rings is 1. The van der Waals surface area contributed by atoms with E-state index in [1.165, 1.54) is 0 Å². The van der Waals surface area contributed by atoms with Crippen LogP contribution in [-0.2, 0) is 0 Å². The molecule has 1 aromatic carbocycles. The van der Waals surface area contributed by atoms with Crippen LogP contribution in [0.2, 0.25) is 0 Å². The van der Waals surface area contributed by atoms with Crippen molar-refractivity contribution in [1.82, 2.24) is 15.1 Å². The van der Waals surface area contributed by atoms with Crippen LogP contribution in [0, 0.1) is 13.8 Å². The van der Waals surface area contributed by atoms with Gasteiger partial charge in [-0.3, -0.25) is 4.79 Å². The number of nitrogens with zero attached hydrogens (tertiary/aromatic N) is 2. The molecular weight excluding hydrogens is 356 g/mol. The van der Waals surface area contributed by atoms with Crippen molar-refractivity contribution in [3.63, 3.8) is 0 Å². The largest absolute Gasteiger partial charge is 0.351 e. The maximum atomic E-state index is 11.8. The van der Waals surface area contributed by atoms with Gasteiger partial charge >= 0.3 is 0 Å². The molecule has 0 bridgehead atoms. The third-order valence-corrected chi connectivity index (χ3v) is 4.15. The summed E-state index contributed by atoms with van der Waals surface area (Å²) < 4.78 is 2.85. The molecule has 0 saturated carbocycles. The second-order valence-electron chi connectivity index (χ2n) is 4.49. The van der Waals surface area contributed by atoms with Crippen LogP contribution in [0.25, 0.3) is 5.69 Å². The van der Waals surface area contributed by atoms with Gasteiger partial charge in [0.25, 0.3) is 5.91 Å². The smallest absolute Gasteiger partial charge is 0.251 e. The van der Waals surface area contributed by atoms with E-state index in [1.807, 2.05) is 30.7 Å². The molecule has 2 aromatic rings. The third kappa shape index (κ3) is 3.84. The number of hydrogen-bond donors (Lipinski definition) is 2. The molecule has 3 N–H and O–H groups in total. The molecule has 0 spiro atoms. The van der Waals surface area contributed by atoms with Gasteiger partial charge in [-0.2, -0.15) is 5.10 Å². The lowest BCUT2D eigenvalue weighted by Gasteiger charge is -2.07. The van der Waals surface area contributed by atoms with Gasteiger partial charge in [0, 0.05) is 18.7 Å². The number of aromatic nitrogens is 2. The van der Waals surface area contributed by atoms with Gasteiger partial charge in [-0.05, 0) is 54.0 Å². The van der Waals surface area contributed by atoms with Gasteiger partial charge in [-0.1, -0.05) is 0 Å². The molecule has 114 valence electrons. The van der Waals surface area contributed by atoms with Gasteiger partial charge in [-0.25, -0.2) is 4.68 Å². The Balaban J connectivity index is 0.00000220. The van der Waals surface area contributed by atoms with Crippen LogP contribution in [0.3, 0.4) is 0 Å². The van der Waals surface area contributed by atoms with E-state index in [-0.39, 0.29) is 18.3 Å². The van der Waals surface area contributed by atoms with Gasteiger partial charge in [0.1, 0.15) is 0 Å². The standard InChI is InChI=1S/C14H17BrN4O.ClH/c1-9-13(15)10(2)19(18-9)12-5-3-11(4-6-12)14(20)17-8-7-16;/h3-6H,7-8,16H2,1-2H3,(H,17,20);1H. The quantitative estimate of drug-likeness (QED) is 0.864. The first-order valence-electron chi connectivity index (χ1n) is 6.35. The molecule has 0 fully saturated rings. The van der Waals surface area contributed by atoms with E-state index < -0.39 is 0 Å². The normalized spacial score (nSPS) is 10.1. The molecule has 0 aliphatic heterocycles. The minimum atomic E-state index is -0.114. The highest BCUT2D eigenvalue weighted by molar-refractivity contribution is 9.10. The second-order valence-corrected chi connectivity index (χ2v) is 5.28. The van der Waals surface area contributed by atoms with Crippen molar-refractivity contribution in [3.8, 4) is 5.69 Å². The van der Waals surface area contributed by atoms with Crippen molar-refractivity contribution in [3.05, 3.63) is 45.7 Å². The summed E-state index contributed by atoms with van der Waals surface area (Å²) in [6, 6.07) is 7.32. The van der Waals surface area contributed by atoms with Crippen molar-refractivity contribution < 1.29 is 4.79 Å². The molecule has 7 heteroatoms. The molecule has 5 nitrogen and oxygen atoms in total. The number of nitrogens with one attached hydrogen (secondary N) is 1. The number of nitrogens with two attached hydrogens (primary N) is 1. The summed E-state index contributed by atoms with van der Waals surface area (Å²) >= 11 is 3.50. The van der Waals surface area contributed by atoms with Gasteiger partial charge in [-0.15, -0.1) is 12.4 Å². The minimum absolute atomic E-state index is 0. The van der Waals surface area contributed by atoms with Crippen molar-refractivity contribution >= 4 is 34.2 Å². The first-order valence-corrected chi connectivity index (χ1v) is 7.14. The fourth-order valence-electron chi connectivity index (χ4n) is 1.92. The first kappa shape index (κ1) is 17.7. The van der Waals surface area contributed by atoms with Crippen LogP contribution in [0.1, 0.15) is 21.7 Å². The predicted octanol–water partition coefficient (Wildman–Crippen LogP) is 2.36. The van der Waals surface area contributed by atoms with E-state index in [0.717, 1.165) is 21.5 Å². The Labute approximate surface area is 138 Å². The van der Waals surface area contributed by atoms with E-state index in [0.29, 0.717) is 18.7 Å². The number of hydrogen-bond acceptors (Lipinski definition) is 3. The fraction of sp³-hybridized carbons (Fsp3) is 0.286. The van der Waals surface area contributed by atoms with Crippen molar-refractivity contribution in [2.24, 2.45) is 5.73 Å². The van der Waals surface area contributed by atoms with Crippen LogP contribution < -0.4 is 11.1 Å². The molecule has 21 heavy (non-hydrogen) atoms. The molecule has 1 aromatic heterocycles. The Kier molecular flexibility index (Phi) is 6.39. The molecule has 0 unspecified atom stereocenters. The monoisotopic (exact) mass is 372 g/mol. The maximum Gasteiger partial charge on any atom is 0.251 e. The van der Waals surface area contributed by atoms with Crippen molar-refractivity contribution in [2.45, 2.75) is 13.8 Å². The molecule has 1 amide bonds. The summed E-state index contributed by atoms with van der Waals surface area (Å²) in [5.74, 6) is -0.114. The number of carbonyl (C=O) groups excluding carboxylic acids is 1. The summed E-state index contributed by atoms with van der Waals surface area (Å²) in [5.41, 5.74) is 8.86. The van der Waals surface area contributed by atoms with Gasteiger partial charge < -0.3 is 11.1 Å². The molecule has 0 aliphatic rings. The van der Waals surface area contributed by atoms with E-state index in [1.54, 1.807) is 12.1 Å². The SMILES string of the molecule is Cc1nn(-c2ccc(C(=O)NCCN)cc2)c(C)c1Br.Cl. The Morgan fingerprint density at radius 2 is 1.95 bits per heavy atom. The Morgan fingerprint density at radius 1 is 1.33 bits per heavy atom. The van der Waals surface area contributed by atoms with Gasteiger partial charge in [0.05, 0.1) is 21.5 Å². The van der Waals surface area contributed by atoms with Crippen LogP contribution in [-0.4, -0.2) is 28.8 Å². The van der Waals surface area contributed by atoms with E-state index in [2.05, 4.69) is 26.3 Å². The number of aryl methyl sites for hydroxylation is 1. The number of halogens is 2. The van der Waals surface area contributed by atoms with E-state index in [4.69, 9.17) is 5.73 Å². The molecule has 0 atom stereocenters. The lowest BCUT2D eigenvalue weighted by molar-refractivity contribution is 0.0955. The van der Waals surface area contributed by atoms with Crippen LogP contribution in [0.4, 0.5) is 0 Å². The zero-order valence-electron chi connectivity index (χ0n) is 11.9. The van der Waals surface area contributed by atoms with E-state index >= 15 is 0 Å². The summed E-state index contributed by atoms with van der Waals surface area (Å²) in [4.78, 5) is 11.8. The summed E-state index contributed by atoms with van der Waals surface area (Å²) in [5, 5.41) is 7.20.